The lowest BCUT2D eigenvalue weighted by molar-refractivity contribution is -0.142. The van der Waals surface area contributed by atoms with Gasteiger partial charge < -0.3 is 16.0 Å². The van der Waals surface area contributed by atoms with Crippen molar-refractivity contribution >= 4 is 11.8 Å². The number of carbonyl (C=O) groups excluding carboxylic acids is 2. The maximum atomic E-state index is 12.7. The van der Waals surface area contributed by atoms with E-state index in [0.717, 1.165) is 38.5 Å². The number of hydrogen-bond donors (Lipinski definition) is 2. The first-order valence-electron chi connectivity index (χ1n) is 7.75. The molecule has 1 saturated carbocycles. The number of hydrogen-bond acceptors (Lipinski definition) is 3. The van der Waals surface area contributed by atoms with Crippen LogP contribution in [0.15, 0.2) is 0 Å². The van der Waals surface area contributed by atoms with Gasteiger partial charge in [0, 0.05) is 31.6 Å². The van der Waals surface area contributed by atoms with Crippen LogP contribution in [0.3, 0.4) is 0 Å². The molecule has 2 aliphatic rings. The third-order valence-electron chi connectivity index (χ3n) is 4.98. The molecule has 2 atom stereocenters. The molecule has 0 aromatic rings. The molecule has 5 heteroatoms. The number of carbonyl (C=O) groups is 2. The van der Waals surface area contributed by atoms with Gasteiger partial charge in [0.05, 0.1) is 5.92 Å². The molecule has 5 nitrogen and oxygen atoms in total. The number of nitrogens with zero attached hydrogens (tertiary/aromatic N) is 1. The fourth-order valence-electron chi connectivity index (χ4n) is 3.55. The first-order chi connectivity index (χ1) is 9.45. The largest absolute Gasteiger partial charge is 0.359 e. The zero-order chi connectivity index (χ0) is 14.8. The van der Waals surface area contributed by atoms with Gasteiger partial charge in [-0.1, -0.05) is 12.8 Å². The Labute approximate surface area is 121 Å². The summed E-state index contributed by atoms with van der Waals surface area (Å²) in [7, 11) is 1.67. The van der Waals surface area contributed by atoms with E-state index in [0.29, 0.717) is 13.1 Å². The minimum Gasteiger partial charge on any atom is -0.359 e. The summed E-state index contributed by atoms with van der Waals surface area (Å²) >= 11 is 0. The average molecular weight is 281 g/mol. The van der Waals surface area contributed by atoms with Crippen LogP contribution >= 0.6 is 0 Å². The highest BCUT2D eigenvalue weighted by Crippen LogP contribution is 2.33. The molecule has 114 valence electrons. The van der Waals surface area contributed by atoms with Crippen molar-refractivity contribution in [3.05, 3.63) is 0 Å². The predicted octanol–water partition coefficient (Wildman–Crippen LogP) is 0.879. The molecular formula is C15H27N3O2. The molecule has 1 heterocycles. The monoisotopic (exact) mass is 281 g/mol. The highest BCUT2D eigenvalue weighted by Gasteiger charge is 2.40. The van der Waals surface area contributed by atoms with Gasteiger partial charge in [-0.3, -0.25) is 9.59 Å². The highest BCUT2D eigenvalue weighted by atomic mass is 16.2. The Morgan fingerprint density at radius 1 is 1.20 bits per heavy atom. The fraction of sp³-hybridized carbons (Fsp3) is 0.867. The van der Waals surface area contributed by atoms with E-state index in [9.17, 15) is 9.59 Å². The maximum absolute atomic E-state index is 12.7. The standard InChI is InChI=1S/C15H27N3O2/c1-15(16)8-4-3-5-12(15)14(20)18-9-6-11(7-10-18)13(19)17-2/h11-12H,3-10,16H2,1-2H3,(H,17,19). The van der Waals surface area contributed by atoms with Crippen LogP contribution in [0.2, 0.25) is 0 Å². The normalized spacial score (nSPS) is 31.9. The summed E-state index contributed by atoms with van der Waals surface area (Å²) in [6, 6.07) is 0. The van der Waals surface area contributed by atoms with E-state index in [1.165, 1.54) is 0 Å². The summed E-state index contributed by atoms with van der Waals surface area (Å²) in [5.74, 6) is 0.302. The van der Waals surface area contributed by atoms with E-state index in [1.54, 1.807) is 7.05 Å². The van der Waals surface area contributed by atoms with Crippen LogP contribution in [0, 0.1) is 11.8 Å². The Morgan fingerprint density at radius 3 is 2.40 bits per heavy atom. The van der Waals surface area contributed by atoms with E-state index < -0.39 is 0 Å². The molecule has 0 aromatic heterocycles. The van der Waals surface area contributed by atoms with Crippen LogP contribution in [-0.2, 0) is 9.59 Å². The lowest BCUT2D eigenvalue weighted by Crippen LogP contribution is -2.55. The topological polar surface area (TPSA) is 75.4 Å². The second kappa shape index (κ2) is 6.12. The van der Waals surface area contributed by atoms with Crippen molar-refractivity contribution in [3.8, 4) is 0 Å². The summed E-state index contributed by atoms with van der Waals surface area (Å²) < 4.78 is 0. The number of piperidine rings is 1. The van der Waals surface area contributed by atoms with Crippen molar-refractivity contribution < 1.29 is 9.59 Å². The molecule has 1 aliphatic heterocycles. The van der Waals surface area contributed by atoms with Gasteiger partial charge in [0.2, 0.25) is 11.8 Å². The first-order valence-corrected chi connectivity index (χ1v) is 7.75. The molecule has 2 unspecified atom stereocenters. The van der Waals surface area contributed by atoms with Gasteiger partial charge in [-0.2, -0.15) is 0 Å². The summed E-state index contributed by atoms with van der Waals surface area (Å²) in [4.78, 5) is 26.2. The molecule has 2 amide bonds. The van der Waals surface area contributed by atoms with E-state index in [4.69, 9.17) is 5.73 Å². The van der Waals surface area contributed by atoms with Crippen molar-refractivity contribution in [1.82, 2.24) is 10.2 Å². The number of nitrogens with two attached hydrogens (primary N) is 1. The van der Waals surface area contributed by atoms with Crippen molar-refractivity contribution in [2.24, 2.45) is 17.6 Å². The van der Waals surface area contributed by atoms with Crippen molar-refractivity contribution in [2.45, 2.75) is 51.0 Å². The molecular weight excluding hydrogens is 254 g/mol. The molecule has 0 bridgehead atoms. The molecule has 20 heavy (non-hydrogen) atoms. The third kappa shape index (κ3) is 3.14. The maximum Gasteiger partial charge on any atom is 0.227 e. The van der Waals surface area contributed by atoms with Gasteiger partial charge in [-0.15, -0.1) is 0 Å². The minimum atomic E-state index is -0.368. The number of nitrogens with one attached hydrogen (secondary N) is 1. The van der Waals surface area contributed by atoms with Gasteiger partial charge in [0.1, 0.15) is 0 Å². The van der Waals surface area contributed by atoms with Gasteiger partial charge in [0.25, 0.3) is 0 Å². The van der Waals surface area contributed by atoms with Gasteiger partial charge in [-0.25, -0.2) is 0 Å². The van der Waals surface area contributed by atoms with E-state index >= 15 is 0 Å². The highest BCUT2D eigenvalue weighted by molar-refractivity contribution is 5.82. The Balaban J connectivity index is 1.93. The Bertz CT molecular complexity index is 373. The van der Waals surface area contributed by atoms with Crippen LogP contribution < -0.4 is 11.1 Å². The zero-order valence-corrected chi connectivity index (χ0v) is 12.7. The summed E-state index contributed by atoms with van der Waals surface area (Å²) in [5.41, 5.74) is 5.95. The predicted molar refractivity (Wildman–Crippen MR) is 77.9 cm³/mol. The molecule has 0 radical (unpaired) electrons. The fourth-order valence-corrected chi connectivity index (χ4v) is 3.55. The molecule has 0 aromatic carbocycles. The smallest absolute Gasteiger partial charge is 0.227 e. The SMILES string of the molecule is CNC(=O)C1CCN(C(=O)C2CCCCC2(C)N)CC1. The Hall–Kier alpha value is -1.10. The number of amides is 2. The first kappa shape index (κ1) is 15.3. The molecule has 1 saturated heterocycles. The van der Waals surface area contributed by atoms with Crippen LogP contribution in [0.4, 0.5) is 0 Å². The van der Waals surface area contributed by atoms with Gasteiger partial charge in [0.15, 0.2) is 0 Å². The second-order valence-corrected chi connectivity index (χ2v) is 6.52. The average Bonchev–Trinajstić information content (AvgIpc) is 2.45. The van der Waals surface area contributed by atoms with E-state index in [1.807, 2.05) is 11.8 Å². The molecule has 0 spiro atoms. The summed E-state index contributed by atoms with van der Waals surface area (Å²) in [5, 5.41) is 2.69. The van der Waals surface area contributed by atoms with Crippen LogP contribution in [0.1, 0.15) is 45.4 Å². The van der Waals surface area contributed by atoms with Crippen molar-refractivity contribution in [1.29, 1.82) is 0 Å². The van der Waals surface area contributed by atoms with Crippen molar-refractivity contribution in [3.63, 3.8) is 0 Å². The Morgan fingerprint density at radius 2 is 1.85 bits per heavy atom. The lowest BCUT2D eigenvalue weighted by Gasteiger charge is -2.41. The summed E-state index contributed by atoms with van der Waals surface area (Å²) in [6.07, 6.45) is 5.57. The molecule has 1 aliphatic carbocycles. The quantitative estimate of drug-likeness (QED) is 0.789. The summed E-state index contributed by atoms with van der Waals surface area (Å²) in [6.45, 7) is 3.37. The Kier molecular flexibility index (Phi) is 4.68. The van der Waals surface area contributed by atoms with Gasteiger partial charge in [-0.05, 0) is 32.6 Å². The minimum absolute atomic E-state index is 0.0483. The third-order valence-corrected chi connectivity index (χ3v) is 4.98. The number of rotatable bonds is 2. The molecule has 2 rings (SSSR count). The van der Waals surface area contributed by atoms with Crippen LogP contribution in [0.5, 0.6) is 0 Å². The zero-order valence-electron chi connectivity index (χ0n) is 12.7. The molecule has 2 fully saturated rings. The van der Waals surface area contributed by atoms with Crippen LogP contribution in [-0.4, -0.2) is 42.4 Å². The lowest BCUT2D eigenvalue weighted by atomic mass is 9.73. The van der Waals surface area contributed by atoms with E-state index in [-0.39, 0.29) is 29.2 Å². The van der Waals surface area contributed by atoms with E-state index in [2.05, 4.69) is 5.32 Å². The van der Waals surface area contributed by atoms with Crippen LogP contribution in [0.25, 0.3) is 0 Å². The van der Waals surface area contributed by atoms with Gasteiger partial charge >= 0.3 is 0 Å². The van der Waals surface area contributed by atoms with Crippen molar-refractivity contribution in [2.75, 3.05) is 20.1 Å². The second-order valence-electron chi connectivity index (χ2n) is 6.52. The number of likely N-dealkylation sites (tertiary alicyclic amines) is 1. The molecule has 3 N–H and O–H groups in total.